The van der Waals surface area contributed by atoms with Crippen molar-refractivity contribution in [2.24, 2.45) is 7.05 Å². The molecule has 2 aromatic carbocycles. The molecule has 0 bridgehead atoms. The number of amides is 2. The van der Waals surface area contributed by atoms with Gasteiger partial charge in [-0.1, -0.05) is 53.2 Å². The van der Waals surface area contributed by atoms with E-state index >= 15 is 0 Å². The highest BCUT2D eigenvalue weighted by Crippen LogP contribution is 2.22. The molecule has 1 heterocycles. The van der Waals surface area contributed by atoms with E-state index in [1.54, 1.807) is 54.9 Å². The van der Waals surface area contributed by atoms with E-state index < -0.39 is 6.04 Å². The number of nitrogens with zero attached hydrogens (tertiary/aromatic N) is 3. The van der Waals surface area contributed by atoms with E-state index in [0.29, 0.717) is 32.3 Å². The number of benzene rings is 2. The maximum Gasteiger partial charge on any atom is 0.253 e. The molecule has 1 atom stereocenters. The number of thioether (sulfide) groups is 1. The van der Waals surface area contributed by atoms with Crippen LogP contribution in [0.4, 0.5) is 5.69 Å². The summed E-state index contributed by atoms with van der Waals surface area (Å²) in [5.74, 6) is 0.229. The van der Waals surface area contributed by atoms with Crippen LogP contribution in [0.25, 0.3) is 0 Å². The average Bonchev–Trinajstić information content (AvgIpc) is 3.10. The first kappa shape index (κ1) is 23.1. The Bertz CT molecular complexity index is 1120. The fourth-order valence-corrected chi connectivity index (χ4v) is 3.93. The van der Waals surface area contributed by atoms with Crippen molar-refractivity contribution in [2.75, 3.05) is 11.1 Å². The van der Waals surface area contributed by atoms with Crippen molar-refractivity contribution >= 4 is 52.5 Å². The summed E-state index contributed by atoms with van der Waals surface area (Å²) in [6.45, 7) is 3.70. The molecular formula is C21H21Cl2N5O2S. The molecule has 0 radical (unpaired) electrons. The van der Waals surface area contributed by atoms with Crippen LogP contribution in [0, 0.1) is 6.92 Å². The number of aromatic nitrogens is 3. The normalized spacial score (nSPS) is 11.8. The largest absolute Gasteiger partial charge is 0.342 e. The molecule has 0 fully saturated rings. The van der Waals surface area contributed by atoms with Crippen LogP contribution in [-0.2, 0) is 11.8 Å². The Morgan fingerprint density at radius 2 is 1.87 bits per heavy atom. The Labute approximate surface area is 194 Å². The zero-order valence-electron chi connectivity index (χ0n) is 17.1. The van der Waals surface area contributed by atoms with Gasteiger partial charge in [-0.2, -0.15) is 0 Å². The van der Waals surface area contributed by atoms with Crippen molar-refractivity contribution in [3.05, 3.63) is 69.5 Å². The molecule has 2 amide bonds. The molecule has 10 heteroatoms. The van der Waals surface area contributed by atoms with Gasteiger partial charge >= 0.3 is 0 Å². The molecule has 162 valence electrons. The second kappa shape index (κ2) is 10.2. The molecule has 3 rings (SSSR count). The monoisotopic (exact) mass is 477 g/mol. The Morgan fingerprint density at radius 3 is 2.58 bits per heavy atom. The first-order valence-corrected chi connectivity index (χ1v) is 11.1. The zero-order chi connectivity index (χ0) is 22.5. The molecule has 1 aromatic heterocycles. The number of hydrogen-bond acceptors (Lipinski definition) is 5. The minimum atomic E-state index is -0.404. The minimum Gasteiger partial charge on any atom is -0.342 e. The summed E-state index contributed by atoms with van der Waals surface area (Å²) in [6.07, 6.45) is 0. The van der Waals surface area contributed by atoms with Gasteiger partial charge in [-0.25, -0.2) is 0 Å². The van der Waals surface area contributed by atoms with E-state index in [-0.39, 0.29) is 17.6 Å². The van der Waals surface area contributed by atoms with Gasteiger partial charge in [0.2, 0.25) is 5.91 Å². The maximum absolute atomic E-state index is 12.5. The van der Waals surface area contributed by atoms with E-state index in [1.165, 1.54) is 11.8 Å². The molecule has 31 heavy (non-hydrogen) atoms. The molecule has 0 saturated carbocycles. The van der Waals surface area contributed by atoms with Gasteiger partial charge in [-0.05, 0) is 43.7 Å². The van der Waals surface area contributed by atoms with E-state index in [9.17, 15) is 9.59 Å². The molecule has 0 aliphatic rings. The summed E-state index contributed by atoms with van der Waals surface area (Å²) in [4.78, 5) is 24.7. The van der Waals surface area contributed by atoms with Gasteiger partial charge in [0.1, 0.15) is 0 Å². The minimum absolute atomic E-state index is 0.151. The lowest BCUT2D eigenvalue weighted by Gasteiger charge is -2.14. The van der Waals surface area contributed by atoms with Crippen LogP contribution in [0.5, 0.6) is 0 Å². The van der Waals surface area contributed by atoms with Crippen molar-refractivity contribution in [3.8, 4) is 0 Å². The molecule has 0 aliphatic heterocycles. The van der Waals surface area contributed by atoms with E-state index in [1.807, 2.05) is 13.0 Å². The van der Waals surface area contributed by atoms with Crippen molar-refractivity contribution < 1.29 is 9.59 Å². The second-order valence-corrected chi connectivity index (χ2v) is 8.63. The van der Waals surface area contributed by atoms with Crippen LogP contribution in [0.2, 0.25) is 10.0 Å². The summed E-state index contributed by atoms with van der Waals surface area (Å²) in [7, 11) is 1.79. The van der Waals surface area contributed by atoms with Crippen molar-refractivity contribution in [1.29, 1.82) is 0 Å². The van der Waals surface area contributed by atoms with Gasteiger partial charge in [0.25, 0.3) is 5.91 Å². The number of carbonyl (C=O) groups is 2. The molecule has 3 aromatic rings. The average molecular weight is 478 g/mol. The molecule has 0 spiro atoms. The number of anilines is 1. The molecule has 0 saturated heterocycles. The van der Waals surface area contributed by atoms with Crippen LogP contribution >= 0.6 is 35.0 Å². The standard InChI is InChI=1S/C21H21Cl2N5O2S/c1-12-8-9-14(10-17(12)23)25-18(29)11-31-21-27-26-19(28(21)3)13(2)24-20(30)15-6-4-5-7-16(15)22/h4-10,13H,11H2,1-3H3,(H,24,30)(H,25,29). The molecule has 7 nitrogen and oxygen atoms in total. The highest BCUT2D eigenvalue weighted by atomic mass is 35.5. The van der Waals surface area contributed by atoms with Gasteiger partial charge < -0.3 is 15.2 Å². The van der Waals surface area contributed by atoms with Gasteiger partial charge in [-0.15, -0.1) is 10.2 Å². The number of halogens is 2. The number of hydrogen-bond donors (Lipinski definition) is 2. The van der Waals surface area contributed by atoms with Gasteiger partial charge in [0, 0.05) is 17.8 Å². The lowest BCUT2D eigenvalue weighted by atomic mass is 10.2. The number of carbonyl (C=O) groups excluding carboxylic acids is 2. The van der Waals surface area contributed by atoms with Gasteiger partial charge in [-0.3, -0.25) is 9.59 Å². The Morgan fingerprint density at radius 1 is 1.13 bits per heavy atom. The first-order chi connectivity index (χ1) is 14.8. The molecular weight excluding hydrogens is 457 g/mol. The van der Waals surface area contributed by atoms with Crippen LogP contribution in [0.15, 0.2) is 47.6 Å². The van der Waals surface area contributed by atoms with Crippen molar-refractivity contribution in [3.63, 3.8) is 0 Å². The number of aryl methyl sites for hydroxylation is 1. The fourth-order valence-electron chi connectivity index (χ4n) is 2.81. The Hall–Kier alpha value is -2.55. The summed E-state index contributed by atoms with van der Waals surface area (Å²) in [5, 5.41) is 15.5. The lowest BCUT2D eigenvalue weighted by molar-refractivity contribution is -0.113. The van der Waals surface area contributed by atoms with Crippen LogP contribution < -0.4 is 10.6 Å². The van der Waals surface area contributed by atoms with Gasteiger partial charge in [0.05, 0.1) is 22.4 Å². The summed E-state index contributed by atoms with van der Waals surface area (Å²) in [6, 6.07) is 11.8. The number of rotatable bonds is 7. The maximum atomic E-state index is 12.5. The molecule has 1 unspecified atom stereocenters. The van der Waals surface area contributed by atoms with E-state index in [4.69, 9.17) is 23.2 Å². The number of nitrogens with one attached hydrogen (secondary N) is 2. The predicted molar refractivity (Wildman–Crippen MR) is 124 cm³/mol. The zero-order valence-corrected chi connectivity index (χ0v) is 19.5. The smallest absolute Gasteiger partial charge is 0.253 e. The van der Waals surface area contributed by atoms with Crippen molar-refractivity contribution in [2.45, 2.75) is 25.0 Å². The third-order valence-electron chi connectivity index (χ3n) is 4.51. The molecule has 0 aliphatic carbocycles. The third-order valence-corrected chi connectivity index (χ3v) is 6.27. The van der Waals surface area contributed by atoms with Crippen LogP contribution in [0.1, 0.15) is 34.7 Å². The highest BCUT2D eigenvalue weighted by molar-refractivity contribution is 7.99. The van der Waals surface area contributed by atoms with Crippen LogP contribution in [-0.4, -0.2) is 32.3 Å². The Balaban J connectivity index is 1.59. The first-order valence-electron chi connectivity index (χ1n) is 9.39. The summed E-state index contributed by atoms with van der Waals surface area (Å²) >= 11 is 13.4. The SMILES string of the molecule is Cc1ccc(NC(=O)CSc2nnc(C(C)NC(=O)c3ccccc3Cl)n2C)cc1Cl. The van der Waals surface area contributed by atoms with E-state index in [2.05, 4.69) is 20.8 Å². The third kappa shape index (κ3) is 5.78. The lowest BCUT2D eigenvalue weighted by Crippen LogP contribution is -2.28. The summed E-state index contributed by atoms with van der Waals surface area (Å²) < 4.78 is 1.75. The van der Waals surface area contributed by atoms with Crippen LogP contribution in [0.3, 0.4) is 0 Å². The van der Waals surface area contributed by atoms with E-state index in [0.717, 1.165) is 5.56 Å². The van der Waals surface area contributed by atoms with Crippen molar-refractivity contribution in [1.82, 2.24) is 20.1 Å². The second-order valence-electron chi connectivity index (χ2n) is 6.88. The highest BCUT2D eigenvalue weighted by Gasteiger charge is 2.20. The fraction of sp³-hybridized carbons (Fsp3) is 0.238. The Kier molecular flexibility index (Phi) is 7.59. The predicted octanol–water partition coefficient (Wildman–Crippen LogP) is 4.65. The molecule has 2 N–H and O–H groups in total. The summed E-state index contributed by atoms with van der Waals surface area (Å²) in [5.41, 5.74) is 1.97. The van der Waals surface area contributed by atoms with Gasteiger partial charge in [0.15, 0.2) is 11.0 Å². The topological polar surface area (TPSA) is 88.9 Å². The quantitative estimate of drug-likeness (QED) is 0.483.